The zero-order valence-corrected chi connectivity index (χ0v) is 17.8. The molecular formula is C21H18BrN3O2S. The summed E-state index contributed by atoms with van der Waals surface area (Å²) in [7, 11) is 0. The van der Waals surface area contributed by atoms with Crippen LogP contribution < -0.4 is 10.9 Å². The molecule has 1 N–H and O–H groups in total. The number of carbonyl (C=O) groups excluding carboxylic acids is 1. The van der Waals surface area contributed by atoms with Crippen LogP contribution in [0.2, 0.25) is 0 Å². The lowest BCUT2D eigenvalue weighted by atomic mass is 10.1. The number of fused-ring (bicyclic) bond motifs is 3. The normalized spacial score (nSPS) is 12.4. The van der Waals surface area contributed by atoms with E-state index in [0.29, 0.717) is 17.5 Å². The van der Waals surface area contributed by atoms with Crippen molar-refractivity contribution in [1.29, 1.82) is 0 Å². The minimum absolute atomic E-state index is 0.229. The van der Waals surface area contributed by atoms with Gasteiger partial charge in [0, 0.05) is 14.6 Å². The average molecular weight is 456 g/mol. The van der Waals surface area contributed by atoms with E-state index in [1.54, 1.807) is 11.3 Å². The molecule has 0 aliphatic carbocycles. The fourth-order valence-corrected chi connectivity index (χ4v) is 4.86. The molecular weight excluding hydrogens is 438 g/mol. The number of hydrogen-bond donors (Lipinski definition) is 1. The Morgan fingerprint density at radius 2 is 1.93 bits per heavy atom. The Hall–Kier alpha value is -2.51. The first-order valence-corrected chi connectivity index (χ1v) is 10.6. The minimum Gasteiger partial charge on any atom is -0.323 e. The van der Waals surface area contributed by atoms with Gasteiger partial charge in [0.25, 0.3) is 5.56 Å². The summed E-state index contributed by atoms with van der Waals surface area (Å²) in [5.41, 5.74) is 1.19. The Morgan fingerprint density at radius 3 is 2.68 bits per heavy atom. The lowest BCUT2D eigenvalue weighted by molar-refractivity contribution is -0.119. The van der Waals surface area contributed by atoms with Crippen molar-refractivity contribution in [2.45, 2.75) is 26.3 Å². The molecule has 28 heavy (non-hydrogen) atoms. The third-order valence-electron chi connectivity index (χ3n) is 4.72. The first-order chi connectivity index (χ1) is 13.5. The van der Waals surface area contributed by atoms with Gasteiger partial charge in [-0.1, -0.05) is 37.3 Å². The number of anilines is 1. The third-order valence-corrected chi connectivity index (χ3v) is 6.69. The Morgan fingerprint density at radius 1 is 1.21 bits per heavy atom. The standard InChI is InChI=1S/C21H18BrN3O2S/c1-3-16(20(26)23-15-10-6-5-9-14(15)22)25-21(27)18-13-8-4-7-11-17(13)28-19(18)12(2)24-25/h4-11,16H,3H2,1-2H3,(H,23,26)/t16-/m0/s1. The van der Waals surface area contributed by atoms with Gasteiger partial charge in [0.05, 0.1) is 21.5 Å². The number of benzene rings is 2. The summed E-state index contributed by atoms with van der Waals surface area (Å²) >= 11 is 5.00. The molecule has 2 heterocycles. The van der Waals surface area contributed by atoms with Crippen LogP contribution in [0.5, 0.6) is 0 Å². The molecule has 5 nitrogen and oxygen atoms in total. The van der Waals surface area contributed by atoms with Crippen molar-refractivity contribution >= 4 is 59.0 Å². The zero-order valence-electron chi connectivity index (χ0n) is 15.4. The number of nitrogens with one attached hydrogen (secondary N) is 1. The van der Waals surface area contributed by atoms with E-state index in [9.17, 15) is 9.59 Å². The molecule has 142 valence electrons. The summed E-state index contributed by atoms with van der Waals surface area (Å²) in [6, 6.07) is 14.5. The van der Waals surface area contributed by atoms with Crippen LogP contribution >= 0.6 is 27.3 Å². The van der Waals surface area contributed by atoms with Gasteiger partial charge >= 0.3 is 0 Å². The molecule has 0 saturated heterocycles. The zero-order chi connectivity index (χ0) is 19.8. The SMILES string of the molecule is CC[C@@H](C(=O)Nc1ccccc1Br)n1nc(C)c2sc3ccccc3c2c1=O. The van der Waals surface area contributed by atoms with Gasteiger partial charge in [-0.05, 0) is 47.5 Å². The van der Waals surface area contributed by atoms with Crippen molar-refractivity contribution in [1.82, 2.24) is 9.78 Å². The predicted molar refractivity (Wildman–Crippen MR) is 118 cm³/mol. The Kier molecular flexibility index (Phi) is 5.03. The molecule has 2 aromatic carbocycles. The summed E-state index contributed by atoms with van der Waals surface area (Å²) in [5, 5.41) is 8.95. The topological polar surface area (TPSA) is 64.0 Å². The highest BCUT2D eigenvalue weighted by molar-refractivity contribution is 9.10. The van der Waals surface area contributed by atoms with E-state index in [4.69, 9.17) is 0 Å². The predicted octanol–water partition coefficient (Wildman–Crippen LogP) is 5.27. The number of aromatic nitrogens is 2. The molecule has 7 heteroatoms. The van der Waals surface area contributed by atoms with Crippen molar-refractivity contribution in [3.8, 4) is 0 Å². The lowest BCUT2D eigenvalue weighted by Crippen LogP contribution is -2.35. The number of rotatable bonds is 4. The second kappa shape index (κ2) is 7.48. The maximum Gasteiger partial charge on any atom is 0.276 e. The van der Waals surface area contributed by atoms with Crippen LogP contribution in [0, 0.1) is 6.92 Å². The summed E-state index contributed by atoms with van der Waals surface area (Å²) in [5.74, 6) is -0.262. The van der Waals surface area contributed by atoms with Crippen LogP contribution in [-0.4, -0.2) is 15.7 Å². The third kappa shape index (κ3) is 3.14. The van der Waals surface area contributed by atoms with Gasteiger partial charge in [-0.15, -0.1) is 11.3 Å². The highest BCUT2D eigenvalue weighted by Gasteiger charge is 2.24. The van der Waals surface area contributed by atoms with Crippen molar-refractivity contribution in [2.24, 2.45) is 0 Å². The van der Waals surface area contributed by atoms with E-state index in [0.717, 1.165) is 25.0 Å². The van der Waals surface area contributed by atoms with Crippen LogP contribution in [0.1, 0.15) is 25.1 Å². The number of nitrogens with zero attached hydrogens (tertiary/aromatic N) is 2. The molecule has 4 rings (SSSR count). The summed E-state index contributed by atoms with van der Waals surface area (Å²) in [4.78, 5) is 26.3. The molecule has 0 saturated carbocycles. The highest BCUT2D eigenvalue weighted by Crippen LogP contribution is 2.33. The molecule has 0 fully saturated rings. The summed E-state index contributed by atoms with van der Waals surface area (Å²) in [6.07, 6.45) is 0.455. The van der Waals surface area contributed by atoms with Crippen molar-refractivity contribution in [3.63, 3.8) is 0 Å². The second-order valence-electron chi connectivity index (χ2n) is 6.53. The molecule has 0 aliphatic heterocycles. The number of halogens is 1. The van der Waals surface area contributed by atoms with E-state index in [1.165, 1.54) is 4.68 Å². The quantitative estimate of drug-likeness (QED) is 0.455. The minimum atomic E-state index is -0.693. The Labute approximate surface area is 174 Å². The van der Waals surface area contributed by atoms with E-state index in [-0.39, 0.29) is 11.5 Å². The number of amides is 1. The van der Waals surface area contributed by atoms with E-state index in [2.05, 4.69) is 26.3 Å². The fraction of sp³-hybridized carbons (Fsp3) is 0.190. The van der Waals surface area contributed by atoms with Gasteiger partial charge in [0.1, 0.15) is 6.04 Å². The number of thiophene rings is 1. The number of para-hydroxylation sites is 1. The second-order valence-corrected chi connectivity index (χ2v) is 8.44. The first kappa shape index (κ1) is 18.8. The monoisotopic (exact) mass is 455 g/mol. The van der Waals surface area contributed by atoms with Crippen LogP contribution in [0.4, 0.5) is 5.69 Å². The highest BCUT2D eigenvalue weighted by atomic mass is 79.9. The average Bonchev–Trinajstić information content (AvgIpc) is 3.08. The smallest absolute Gasteiger partial charge is 0.276 e. The fourth-order valence-electron chi connectivity index (χ4n) is 3.34. The first-order valence-electron chi connectivity index (χ1n) is 8.97. The number of carbonyl (C=O) groups is 1. The molecule has 1 atom stereocenters. The Balaban J connectivity index is 1.83. The molecule has 0 bridgehead atoms. The molecule has 0 spiro atoms. The van der Waals surface area contributed by atoms with Gasteiger partial charge in [0.2, 0.25) is 5.91 Å². The largest absolute Gasteiger partial charge is 0.323 e. The maximum atomic E-state index is 13.3. The number of aryl methyl sites for hydroxylation is 1. The van der Waals surface area contributed by atoms with Crippen molar-refractivity contribution in [3.05, 3.63) is 69.1 Å². The maximum absolute atomic E-state index is 13.3. The lowest BCUT2D eigenvalue weighted by Gasteiger charge is -2.18. The van der Waals surface area contributed by atoms with Crippen LogP contribution in [0.25, 0.3) is 20.2 Å². The molecule has 0 unspecified atom stereocenters. The van der Waals surface area contributed by atoms with Crippen LogP contribution in [0.15, 0.2) is 57.8 Å². The van der Waals surface area contributed by atoms with E-state index >= 15 is 0 Å². The summed E-state index contributed by atoms with van der Waals surface area (Å²) in [6.45, 7) is 3.76. The van der Waals surface area contributed by atoms with E-state index in [1.807, 2.05) is 62.4 Å². The van der Waals surface area contributed by atoms with E-state index < -0.39 is 6.04 Å². The van der Waals surface area contributed by atoms with Gasteiger partial charge < -0.3 is 5.32 Å². The molecule has 1 amide bonds. The van der Waals surface area contributed by atoms with Gasteiger partial charge in [0.15, 0.2) is 0 Å². The molecule has 0 radical (unpaired) electrons. The molecule has 4 aromatic rings. The van der Waals surface area contributed by atoms with Crippen molar-refractivity contribution < 1.29 is 4.79 Å². The molecule has 0 aliphatic rings. The van der Waals surface area contributed by atoms with Crippen LogP contribution in [0.3, 0.4) is 0 Å². The van der Waals surface area contributed by atoms with Gasteiger partial charge in [-0.3, -0.25) is 9.59 Å². The van der Waals surface area contributed by atoms with Crippen LogP contribution in [-0.2, 0) is 4.79 Å². The molecule has 2 aromatic heterocycles. The number of hydrogen-bond acceptors (Lipinski definition) is 4. The van der Waals surface area contributed by atoms with Crippen molar-refractivity contribution in [2.75, 3.05) is 5.32 Å². The Bertz CT molecular complexity index is 1260. The van der Waals surface area contributed by atoms with Gasteiger partial charge in [-0.2, -0.15) is 5.10 Å². The van der Waals surface area contributed by atoms with Gasteiger partial charge in [-0.25, -0.2) is 4.68 Å². The summed E-state index contributed by atoms with van der Waals surface area (Å²) < 4.78 is 4.05.